The molecule has 0 bridgehead atoms. The minimum atomic E-state index is -4.62. The SMILES string of the molecule is FC(F)(F)c1nc(Cl)cc(OC2CCCCCC2)n1. The molecule has 0 radical (unpaired) electrons. The zero-order valence-corrected chi connectivity index (χ0v) is 11.0. The predicted octanol–water partition coefficient (Wildman–Crippen LogP) is 4.25. The highest BCUT2D eigenvalue weighted by Crippen LogP contribution is 2.30. The Balaban J connectivity index is 2.13. The van der Waals surface area contributed by atoms with Gasteiger partial charge in [0.1, 0.15) is 11.3 Å². The predicted molar refractivity (Wildman–Crippen MR) is 64.2 cm³/mol. The molecular weight excluding hydrogens is 281 g/mol. The van der Waals surface area contributed by atoms with Gasteiger partial charge in [0.25, 0.3) is 0 Å². The van der Waals surface area contributed by atoms with Crippen LogP contribution in [0.4, 0.5) is 13.2 Å². The van der Waals surface area contributed by atoms with Crippen LogP contribution in [0.3, 0.4) is 0 Å². The molecule has 0 atom stereocenters. The van der Waals surface area contributed by atoms with E-state index in [4.69, 9.17) is 16.3 Å². The summed E-state index contributed by atoms with van der Waals surface area (Å²) >= 11 is 5.57. The van der Waals surface area contributed by atoms with Gasteiger partial charge in [-0.15, -0.1) is 0 Å². The summed E-state index contributed by atoms with van der Waals surface area (Å²) in [5, 5.41) is -0.258. The molecule has 106 valence electrons. The van der Waals surface area contributed by atoms with E-state index in [1.165, 1.54) is 6.07 Å². The first-order chi connectivity index (χ1) is 8.95. The summed E-state index contributed by atoms with van der Waals surface area (Å²) < 4.78 is 43.2. The number of alkyl halides is 3. The lowest BCUT2D eigenvalue weighted by molar-refractivity contribution is -0.145. The Kier molecular flexibility index (Phi) is 4.50. The Labute approximate surface area is 114 Å². The van der Waals surface area contributed by atoms with Crippen molar-refractivity contribution < 1.29 is 17.9 Å². The van der Waals surface area contributed by atoms with E-state index in [0.29, 0.717) is 0 Å². The van der Waals surface area contributed by atoms with Crippen LogP contribution in [0.25, 0.3) is 0 Å². The summed E-state index contributed by atoms with van der Waals surface area (Å²) in [5.41, 5.74) is 0. The molecule has 1 heterocycles. The van der Waals surface area contributed by atoms with Crippen molar-refractivity contribution in [3.8, 4) is 5.88 Å². The van der Waals surface area contributed by atoms with Crippen molar-refractivity contribution in [3.05, 3.63) is 17.0 Å². The maximum absolute atomic E-state index is 12.6. The average molecular weight is 295 g/mol. The Morgan fingerprint density at radius 1 is 1.11 bits per heavy atom. The molecule has 3 nitrogen and oxygen atoms in total. The fraction of sp³-hybridized carbons (Fsp3) is 0.667. The van der Waals surface area contributed by atoms with Crippen LogP contribution in [0.1, 0.15) is 44.3 Å². The number of halogens is 4. The molecule has 1 aromatic heterocycles. The quantitative estimate of drug-likeness (QED) is 0.604. The van der Waals surface area contributed by atoms with Crippen LogP contribution >= 0.6 is 11.6 Å². The van der Waals surface area contributed by atoms with E-state index in [1.54, 1.807) is 0 Å². The topological polar surface area (TPSA) is 35.0 Å². The largest absolute Gasteiger partial charge is 0.474 e. The van der Waals surface area contributed by atoms with Crippen molar-refractivity contribution in [1.29, 1.82) is 0 Å². The van der Waals surface area contributed by atoms with Gasteiger partial charge in [0, 0.05) is 6.07 Å². The van der Waals surface area contributed by atoms with Crippen LogP contribution in [-0.4, -0.2) is 16.1 Å². The molecule has 0 amide bonds. The highest BCUT2D eigenvalue weighted by Gasteiger charge is 2.35. The molecule has 2 rings (SSSR count). The molecule has 0 aromatic carbocycles. The smallest absolute Gasteiger partial charge is 0.451 e. The lowest BCUT2D eigenvalue weighted by Gasteiger charge is -2.16. The Hall–Kier alpha value is -1.04. The Morgan fingerprint density at radius 3 is 2.32 bits per heavy atom. The monoisotopic (exact) mass is 294 g/mol. The van der Waals surface area contributed by atoms with Gasteiger partial charge >= 0.3 is 6.18 Å². The molecular formula is C12H14ClF3N2O. The number of hydrogen-bond donors (Lipinski definition) is 0. The summed E-state index contributed by atoms with van der Waals surface area (Å²) in [4.78, 5) is 6.55. The molecule has 19 heavy (non-hydrogen) atoms. The fourth-order valence-electron chi connectivity index (χ4n) is 2.11. The van der Waals surface area contributed by atoms with Crippen LogP contribution in [0.2, 0.25) is 5.15 Å². The van der Waals surface area contributed by atoms with E-state index >= 15 is 0 Å². The second-order valence-electron chi connectivity index (χ2n) is 4.58. The molecule has 1 aliphatic rings. The zero-order chi connectivity index (χ0) is 13.9. The van der Waals surface area contributed by atoms with Crippen molar-refractivity contribution >= 4 is 11.6 Å². The third-order valence-corrected chi connectivity index (χ3v) is 3.21. The maximum Gasteiger partial charge on any atom is 0.451 e. The van der Waals surface area contributed by atoms with Gasteiger partial charge in [-0.1, -0.05) is 24.4 Å². The number of ether oxygens (including phenoxy) is 1. The molecule has 1 fully saturated rings. The normalized spacial score (nSPS) is 18.1. The fourth-order valence-corrected chi connectivity index (χ4v) is 2.29. The van der Waals surface area contributed by atoms with Gasteiger partial charge in [0.2, 0.25) is 11.7 Å². The van der Waals surface area contributed by atoms with Gasteiger partial charge in [-0.3, -0.25) is 0 Å². The third kappa shape index (κ3) is 4.23. The van der Waals surface area contributed by atoms with Crippen LogP contribution < -0.4 is 4.74 Å². The minimum absolute atomic E-state index is 0.0884. The number of nitrogens with zero attached hydrogens (tertiary/aromatic N) is 2. The van der Waals surface area contributed by atoms with Crippen LogP contribution in [0, 0.1) is 0 Å². The van der Waals surface area contributed by atoms with E-state index < -0.39 is 12.0 Å². The van der Waals surface area contributed by atoms with Gasteiger partial charge in [-0.05, 0) is 25.7 Å². The van der Waals surface area contributed by atoms with Gasteiger partial charge < -0.3 is 4.74 Å². The average Bonchev–Trinajstić information content (AvgIpc) is 2.55. The molecule has 0 spiro atoms. The Bertz CT molecular complexity index is 431. The summed E-state index contributed by atoms with van der Waals surface area (Å²) in [6, 6.07) is 1.22. The first-order valence-corrected chi connectivity index (χ1v) is 6.61. The molecule has 1 aliphatic carbocycles. The third-order valence-electron chi connectivity index (χ3n) is 3.01. The molecule has 0 N–H and O–H groups in total. The van der Waals surface area contributed by atoms with Crippen molar-refractivity contribution in [2.75, 3.05) is 0 Å². The van der Waals surface area contributed by atoms with Gasteiger partial charge in [-0.25, -0.2) is 4.98 Å². The first kappa shape index (κ1) is 14.4. The molecule has 7 heteroatoms. The number of aromatic nitrogens is 2. The summed E-state index contributed by atoms with van der Waals surface area (Å²) in [6.45, 7) is 0. The van der Waals surface area contributed by atoms with Gasteiger partial charge in [0.15, 0.2) is 0 Å². The molecule has 0 saturated heterocycles. The minimum Gasteiger partial charge on any atom is -0.474 e. The highest BCUT2D eigenvalue weighted by molar-refractivity contribution is 6.29. The van der Waals surface area contributed by atoms with Crippen molar-refractivity contribution in [2.45, 2.75) is 50.8 Å². The van der Waals surface area contributed by atoms with Crippen LogP contribution in [0.5, 0.6) is 5.88 Å². The molecule has 1 aromatic rings. The van der Waals surface area contributed by atoms with E-state index in [0.717, 1.165) is 38.5 Å². The number of hydrogen-bond acceptors (Lipinski definition) is 3. The standard InChI is InChI=1S/C12H14ClF3N2O/c13-9-7-10(18-11(17-9)12(14,15)16)19-8-5-3-1-2-4-6-8/h7-8H,1-6H2. The van der Waals surface area contributed by atoms with Crippen LogP contribution in [0.15, 0.2) is 6.07 Å². The zero-order valence-electron chi connectivity index (χ0n) is 10.2. The van der Waals surface area contributed by atoms with Crippen molar-refractivity contribution in [1.82, 2.24) is 9.97 Å². The summed E-state index contributed by atoms with van der Waals surface area (Å²) in [5.74, 6) is -1.36. The van der Waals surface area contributed by atoms with Crippen LogP contribution in [-0.2, 0) is 6.18 Å². The van der Waals surface area contributed by atoms with E-state index in [-0.39, 0.29) is 17.1 Å². The maximum atomic E-state index is 12.6. The van der Waals surface area contributed by atoms with Gasteiger partial charge in [0.05, 0.1) is 0 Å². The highest BCUT2D eigenvalue weighted by atomic mass is 35.5. The van der Waals surface area contributed by atoms with E-state index in [1.807, 2.05) is 0 Å². The second kappa shape index (κ2) is 5.94. The summed E-state index contributed by atoms with van der Waals surface area (Å²) in [7, 11) is 0. The molecule has 0 unspecified atom stereocenters. The first-order valence-electron chi connectivity index (χ1n) is 6.23. The Morgan fingerprint density at radius 2 is 1.74 bits per heavy atom. The van der Waals surface area contributed by atoms with E-state index in [9.17, 15) is 13.2 Å². The summed E-state index contributed by atoms with van der Waals surface area (Å²) in [6.07, 6.45) is 1.29. The lowest BCUT2D eigenvalue weighted by atomic mass is 10.1. The molecule has 1 saturated carbocycles. The number of rotatable bonds is 2. The van der Waals surface area contributed by atoms with Crippen molar-refractivity contribution in [2.24, 2.45) is 0 Å². The van der Waals surface area contributed by atoms with Gasteiger partial charge in [-0.2, -0.15) is 18.2 Å². The van der Waals surface area contributed by atoms with Crippen molar-refractivity contribution in [3.63, 3.8) is 0 Å². The molecule has 0 aliphatic heterocycles. The second-order valence-corrected chi connectivity index (χ2v) is 4.97. The van der Waals surface area contributed by atoms with E-state index in [2.05, 4.69) is 9.97 Å². The lowest BCUT2D eigenvalue weighted by Crippen LogP contribution is -2.18.